The molecular formula is C16H18N2. The molecule has 1 aromatic carbocycles. The van der Waals surface area contributed by atoms with Crippen LogP contribution < -0.4 is 0 Å². The molecule has 0 fully saturated rings. The van der Waals surface area contributed by atoms with Crippen LogP contribution in [0.15, 0.2) is 42.7 Å². The average Bonchev–Trinajstić information content (AvgIpc) is 2.40. The van der Waals surface area contributed by atoms with Crippen LogP contribution in [0.1, 0.15) is 22.3 Å². The van der Waals surface area contributed by atoms with Crippen LogP contribution in [0.5, 0.6) is 0 Å². The summed E-state index contributed by atoms with van der Waals surface area (Å²) in [6.45, 7) is 5.37. The lowest BCUT2D eigenvalue weighted by Gasteiger charge is -2.29. The van der Waals surface area contributed by atoms with Gasteiger partial charge in [0.05, 0.1) is 0 Å². The fraction of sp³-hybridized carbons (Fsp3) is 0.312. The summed E-state index contributed by atoms with van der Waals surface area (Å²) < 4.78 is 0. The zero-order valence-electron chi connectivity index (χ0n) is 10.8. The predicted octanol–water partition coefficient (Wildman–Crippen LogP) is 2.95. The minimum absolute atomic E-state index is 1.03. The van der Waals surface area contributed by atoms with Gasteiger partial charge in [-0.2, -0.15) is 0 Å². The topological polar surface area (TPSA) is 16.1 Å². The highest BCUT2D eigenvalue weighted by Gasteiger charge is 2.17. The van der Waals surface area contributed by atoms with E-state index in [4.69, 9.17) is 0 Å². The quantitative estimate of drug-likeness (QED) is 0.799. The Labute approximate surface area is 108 Å². The summed E-state index contributed by atoms with van der Waals surface area (Å²) in [7, 11) is 0. The Morgan fingerprint density at radius 3 is 2.83 bits per heavy atom. The highest BCUT2D eigenvalue weighted by atomic mass is 15.1. The van der Waals surface area contributed by atoms with Gasteiger partial charge in [0.25, 0.3) is 0 Å². The molecule has 0 saturated heterocycles. The maximum absolute atomic E-state index is 4.31. The van der Waals surface area contributed by atoms with Crippen molar-refractivity contribution in [1.29, 1.82) is 0 Å². The minimum atomic E-state index is 1.03. The number of aromatic nitrogens is 1. The first-order valence-corrected chi connectivity index (χ1v) is 6.51. The normalized spacial score (nSPS) is 15.4. The largest absolute Gasteiger partial charge is 0.294 e. The number of aryl methyl sites for hydroxylation is 1. The zero-order valence-corrected chi connectivity index (χ0v) is 10.8. The number of fused-ring (bicyclic) bond motifs is 1. The van der Waals surface area contributed by atoms with E-state index in [1.807, 2.05) is 12.4 Å². The summed E-state index contributed by atoms with van der Waals surface area (Å²) in [6.07, 6.45) is 5.15. The van der Waals surface area contributed by atoms with Crippen LogP contribution in [0.25, 0.3) is 0 Å². The van der Waals surface area contributed by atoms with Crippen molar-refractivity contribution in [3.05, 3.63) is 65.0 Å². The van der Waals surface area contributed by atoms with Crippen LogP contribution in [-0.4, -0.2) is 16.4 Å². The SMILES string of the molecule is Cc1cncc2c1CCN(Cc1ccccc1)C2. The van der Waals surface area contributed by atoms with Crippen molar-refractivity contribution >= 4 is 0 Å². The van der Waals surface area contributed by atoms with E-state index < -0.39 is 0 Å². The summed E-state index contributed by atoms with van der Waals surface area (Å²) in [5.41, 5.74) is 5.64. The van der Waals surface area contributed by atoms with E-state index in [2.05, 4.69) is 47.1 Å². The molecule has 18 heavy (non-hydrogen) atoms. The number of hydrogen-bond acceptors (Lipinski definition) is 2. The van der Waals surface area contributed by atoms with E-state index in [9.17, 15) is 0 Å². The first-order chi connectivity index (χ1) is 8.83. The van der Waals surface area contributed by atoms with Gasteiger partial charge in [-0.05, 0) is 35.6 Å². The number of pyridine rings is 1. The van der Waals surface area contributed by atoms with Crippen LogP contribution in [0.4, 0.5) is 0 Å². The molecule has 0 atom stereocenters. The molecule has 0 N–H and O–H groups in total. The molecule has 2 heterocycles. The molecule has 2 aromatic rings. The molecule has 3 rings (SSSR count). The minimum Gasteiger partial charge on any atom is -0.294 e. The van der Waals surface area contributed by atoms with Gasteiger partial charge in [-0.1, -0.05) is 30.3 Å². The highest BCUT2D eigenvalue weighted by molar-refractivity contribution is 5.33. The van der Waals surface area contributed by atoms with Crippen molar-refractivity contribution < 1.29 is 0 Å². The fourth-order valence-electron chi connectivity index (χ4n) is 2.71. The van der Waals surface area contributed by atoms with Gasteiger partial charge in [-0.25, -0.2) is 0 Å². The van der Waals surface area contributed by atoms with Crippen molar-refractivity contribution in [2.24, 2.45) is 0 Å². The molecular weight excluding hydrogens is 220 g/mol. The number of rotatable bonds is 2. The molecule has 2 heteroatoms. The molecule has 1 aromatic heterocycles. The van der Waals surface area contributed by atoms with Gasteiger partial charge in [-0.3, -0.25) is 9.88 Å². The standard InChI is InChI=1S/C16H18N2/c1-13-9-17-10-15-12-18(8-7-16(13)15)11-14-5-3-2-4-6-14/h2-6,9-10H,7-8,11-12H2,1H3. The number of hydrogen-bond donors (Lipinski definition) is 0. The molecule has 0 radical (unpaired) electrons. The summed E-state index contributed by atoms with van der Waals surface area (Å²) >= 11 is 0. The van der Waals surface area contributed by atoms with Crippen LogP contribution in [0, 0.1) is 6.92 Å². The Morgan fingerprint density at radius 1 is 1.17 bits per heavy atom. The van der Waals surface area contributed by atoms with E-state index in [1.54, 1.807) is 0 Å². The second kappa shape index (κ2) is 4.91. The Bertz CT molecular complexity index is 534. The number of benzene rings is 1. The summed E-state index contributed by atoms with van der Waals surface area (Å²) in [4.78, 5) is 6.81. The van der Waals surface area contributed by atoms with Crippen LogP contribution in [0.3, 0.4) is 0 Å². The highest BCUT2D eigenvalue weighted by Crippen LogP contribution is 2.22. The maximum Gasteiger partial charge on any atom is 0.0315 e. The second-order valence-corrected chi connectivity index (χ2v) is 5.04. The van der Waals surface area contributed by atoms with E-state index in [0.717, 1.165) is 26.1 Å². The lowest BCUT2D eigenvalue weighted by molar-refractivity contribution is 0.245. The fourth-order valence-corrected chi connectivity index (χ4v) is 2.71. The van der Waals surface area contributed by atoms with Gasteiger partial charge < -0.3 is 0 Å². The van der Waals surface area contributed by atoms with Gasteiger partial charge in [0, 0.05) is 32.0 Å². The van der Waals surface area contributed by atoms with Crippen molar-refractivity contribution in [2.75, 3.05) is 6.54 Å². The average molecular weight is 238 g/mol. The van der Waals surface area contributed by atoms with Crippen LogP contribution in [-0.2, 0) is 19.5 Å². The molecule has 0 spiro atoms. The smallest absolute Gasteiger partial charge is 0.0315 e. The molecule has 2 nitrogen and oxygen atoms in total. The van der Waals surface area contributed by atoms with E-state index in [0.29, 0.717) is 0 Å². The summed E-state index contributed by atoms with van der Waals surface area (Å²) in [5, 5.41) is 0. The molecule has 0 bridgehead atoms. The monoisotopic (exact) mass is 238 g/mol. The lowest BCUT2D eigenvalue weighted by Crippen LogP contribution is -2.30. The van der Waals surface area contributed by atoms with Gasteiger partial charge in [0.15, 0.2) is 0 Å². The molecule has 1 aliphatic heterocycles. The third-order valence-corrected chi connectivity index (χ3v) is 3.68. The summed E-state index contributed by atoms with van der Waals surface area (Å²) in [5.74, 6) is 0. The molecule has 0 saturated carbocycles. The van der Waals surface area contributed by atoms with E-state index >= 15 is 0 Å². The first kappa shape index (κ1) is 11.4. The van der Waals surface area contributed by atoms with Gasteiger partial charge >= 0.3 is 0 Å². The van der Waals surface area contributed by atoms with Crippen molar-refractivity contribution in [3.63, 3.8) is 0 Å². The van der Waals surface area contributed by atoms with Crippen molar-refractivity contribution in [3.8, 4) is 0 Å². The molecule has 0 aliphatic carbocycles. The zero-order chi connectivity index (χ0) is 12.4. The Morgan fingerprint density at radius 2 is 2.00 bits per heavy atom. The summed E-state index contributed by atoms with van der Waals surface area (Å²) in [6, 6.07) is 10.7. The third kappa shape index (κ3) is 2.29. The van der Waals surface area contributed by atoms with E-state index in [-0.39, 0.29) is 0 Å². The van der Waals surface area contributed by atoms with E-state index in [1.165, 1.54) is 22.3 Å². The van der Waals surface area contributed by atoms with Gasteiger partial charge in [-0.15, -0.1) is 0 Å². The van der Waals surface area contributed by atoms with Crippen LogP contribution in [0.2, 0.25) is 0 Å². The first-order valence-electron chi connectivity index (χ1n) is 6.51. The Kier molecular flexibility index (Phi) is 3.11. The maximum atomic E-state index is 4.31. The Balaban J connectivity index is 1.76. The van der Waals surface area contributed by atoms with Crippen LogP contribution >= 0.6 is 0 Å². The lowest BCUT2D eigenvalue weighted by atomic mass is 9.97. The third-order valence-electron chi connectivity index (χ3n) is 3.68. The number of nitrogens with zero attached hydrogens (tertiary/aromatic N) is 2. The van der Waals surface area contributed by atoms with Crippen molar-refractivity contribution in [2.45, 2.75) is 26.4 Å². The molecule has 0 amide bonds. The molecule has 92 valence electrons. The predicted molar refractivity (Wildman–Crippen MR) is 73.2 cm³/mol. The second-order valence-electron chi connectivity index (χ2n) is 5.04. The van der Waals surface area contributed by atoms with Crippen molar-refractivity contribution in [1.82, 2.24) is 9.88 Å². The van der Waals surface area contributed by atoms with Gasteiger partial charge in [0.2, 0.25) is 0 Å². The molecule has 0 unspecified atom stereocenters. The Hall–Kier alpha value is -1.67. The molecule has 1 aliphatic rings. The van der Waals surface area contributed by atoms with Gasteiger partial charge in [0.1, 0.15) is 0 Å².